The topological polar surface area (TPSA) is 108 Å². The van der Waals surface area contributed by atoms with Crippen LogP contribution in [0.15, 0.2) is 72.6 Å². The number of H-pyrrole nitrogens is 1. The normalized spacial score (nSPS) is 17.5. The van der Waals surface area contributed by atoms with E-state index in [9.17, 15) is 14.7 Å². The van der Waals surface area contributed by atoms with E-state index < -0.39 is 17.7 Å². The molecule has 3 heterocycles. The Kier molecular flexibility index (Phi) is 5.56. The molecule has 2 N–H and O–H groups in total. The van der Waals surface area contributed by atoms with E-state index in [1.54, 1.807) is 36.4 Å². The third-order valence-corrected chi connectivity index (χ3v) is 5.82. The third-order valence-electron chi connectivity index (χ3n) is 5.82. The maximum atomic E-state index is 13.3. The van der Waals surface area contributed by atoms with Crippen LogP contribution in [0.25, 0.3) is 16.8 Å². The number of aliphatic hydroxyl groups is 1. The molecule has 0 radical (unpaired) electrons. The third kappa shape index (κ3) is 4.03. The van der Waals surface area contributed by atoms with E-state index in [0.29, 0.717) is 22.4 Å². The highest BCUT2D eigenvalue weighted by Crippen LogP contribution is 2.42. The zero-order valence-corrected chi connectivity index (χ0v) is 19.5. The summed E-state index contributed by atoms with van der Waals surface area (Å²) in [4.78, 5) is 39.6. The number of anilines is 1. The number of carbonyl (C=O) groups is 2. The fraction of sp³-hybridized carbons (Fsp3) is 0.185. The minimum Gasteiger partial charge on any atom is -0.507 e. The van der Waals surface area contributed by atoms with Gasteiger partial charge in [-0.15, -0.1) is 0 Å². The van der Waals surface area contributed by atoms with E-state index in [1.165, 1.54) is 17.3 Å². The number of fused-ring (bicyclic) bond motifs is 1. The number of rotatable bonds is 5. The van der Waals surface area contributed by atoms with Gasteiger partial charge in [-0.2, -0.15) is 0 Å². The van der Waals surface area contributed by atoms with E-state index in [4.69, 9.17) is 4.74 Å². The Hall–Kier alpha value is -4.46. The van der Waals surface area contributed by atoms with E-state index in [2.05, 4.69) is 15.0 Å². The van der Waals surface area contributed by atoms with Crippen LogP contribution in [0.1, 0.15) is 36.6 Å². The number of nitrogens with one attached hydrogen (secondary N) is 1. The number of ether oxygens (including phenoxy) is 1. The van der Waals surface area contributed by atoms with Crippen LogP contribution >= 0.6 is 0 Å². The summed E-state index contributed by atoms with van der Waals surface area (Å²) in [5.41, 5.74) is 3.45. The van der Waals surface area contributed by atoms with Gasteiger partial charge >= 0.3 is 5.91 Å². The lowest BCUT2D eigenvalue weighted by Gasteiger charge is -2.23. The summed E-state index contributed by atoms with van der Waals surface area (Å²) in [6.07, 6.45) is 3.02. The molecule has 0 bridgehead atoms. The Balaban J connectivity index is 1.68. The maximum absolute atomic E-state index is 13.3. The summed E-state index contributed by atoms with van der Waals surface area (Å²) in [5.74, 6) is -0.942. The van der Waals surface area contributed by atoms with Crippen molar-refractivity contribution in [1.29, 1.82) is 0 Å². The van der Waals surface area contributed by atoms with Crippen LogP contribution in [0.5, 0.6) is 5.75 Å². The Labute approximate surface area is 201 Å². The second-order valence-corrected chi connectivity index (χ2v) is 8.72. The first-order chi connectivity index (χ1) is 16.8. The molecule has 0 saturated carbocycles. The first kappa shape index (κ1) is 22.3. The summed E-state index contributed by atoms with van der Waals surface area (Å²) < 4.78 is 5.75. The van der Waals surface area contributed by atoms with Crippen LogP contribution in [0.3, 0.4) is 0 Å². The zero-order chi connectivity index (χ0) is 24.7. The molecule has 1 unspecified atom stereocenters. The number of carbonyl (C=O) groups excluding carboxylic acids is 2. The van der Waals surface area contributed by atoms with Gasteiger partial charge in [-0.05, 0) is 68.3 Å². The number of imidazole rings is 1. The number of aromatic amines is 1. The SMILES string of the molecule is Cc1ccc2nc(N3C(=O)C(=O)/C(=C(/O)c4ccncc4)C3c3ccc(OC(C)C)cc3)[nH]c2c1. The van der Waals surface area contributed by atoms with Crippen molar-refractivity contribution in [2.24, 2.45) is 0 Å². The molecule has 8 nitrogen and oxygen atoms in total. The van der Waals surface area contributed by atoms with E-state index in [0.717, 1.165) is 11.1 Å². The van der Waals surface area contributed by atoms with Crippen molar-refractivity contribution >= 4 is 34.4 Å². The van der Waals surface area contributed by atoms with Gasteiger partial charge in [0.1, 0.15) is 11.5 Å². The molecule has 5 rings (SSSR count). The van der Waals surface area contributed by atoms with E-state index in [-0.39, 0.29) is 23.4 Å². The van der Waals surface area contributed by atoms with Crippen molar-refractivity contribution in [1.82, 2.24) is 15.0 Å². The van der Waals surface area contributed by atoms with E-state index in [1.807, 2.05) is 39.0 Å². The second-order valence-electron chi connectivity index (χ2n) is 8.72. The largest absolute Gasteiger partial charge is 0.507 e. The van der Waals surface area contributed by atoms with Crippen LogP contribution < -0.4 is 9.64 Å². The zero-order valence-electron chi connectivity index (χ0n) is 19.5. The molecular formula is C27H24N4O4. The number of hydrogen-bond acceptors (Lipinski definition) is 6. The Bertz CT molecular complexity index is 1460. The molecule has 4 aromatic rings. The summed E-state index contributed by atoms with van der Waals surface area (Å²) >= 11 is 0. The number of nitrogens with zero attached hydrogens (tertiary/aromatic N) is 3. The number of Topliss-reactive ketones (excluding diaryl/α,β-unsaturated/α-hetero) is 1. The molecule has 2 aromatic carbocycles. The van der Waals surface area contributed by atoms with Crippen LogP contribution in [-0.4, -0.2) is 37.9 Å². The average Bonchev–Trinajstić information content (AvgIpc) is 3.37. The molecule has 1 atom stereocenters. The summed E-state index contributed by atoms with van der Waals surface area (Å²) in [5, 5.41) is 11.2. The number of hydrogen-bond donors (Lipinski definition) is 2. The van der Waals surface area contributed by atoms with Gasteiger partial charge in [0.2, 0.25) is 5.95 Å². The fourth-order valence-corrected chi connectivity index (χ4v) is 4.26. The molecule has 1 aliphatic heterocycles. The Morgan fingerprint density at radius 2 is 1.77 bits per heavy atom. The number of pyridine rings is 1. The summed E-state index contributed by atoms with van der Waals surface area (Å²) in [6.45, 7) is 5.82. The van der Waals surface area contributed by atoms with Gasteiger partial charge in [0.05, 0.1) is 28.8 Å². The quantitative estimate of drug-likeness (QED) is 0.250. The van der Waals surface area contributed by atoms with Gasteiger partial charge in [0.15, 0.2) is 0 Å². The fourth-order valence-electron chi connectivity index (χ4n) is 4.26. The van der Waals surface area contributed by atoms with Gasteiger partial charge in [-0.25, -0.2) is 4.98 Å². The van der Waals surface area contributed by atoms with Gasteiger partial charge in [0, 0.05) is 18.0 Å². The standard InChI is InChI=1S/C27H24N4O4/c1-15(2)35-19-7-5-17(6-8-19)23-22(24(32)18-10-12-28-13-11-18)25(33)26(34)31(23)27-29-20-9-4-16(3)14-21(20)30-27/h4-15,23,32H,1-3H3,(H,29,30)/b24-22+. The van der Waals surface area contributed by atoms with Crippen molar-refractivity contribution in [3.8, 4) is 5.75 Å². The first-order valence-corrected chi connectivity index (χ1v) is 11.3. The minimum absolute atomic E-state index is 0.00261. The molecule has 35 heavy (non-hydrogen) atoms. The lowest BCUT2D eigenvalue weighted by atomic mass is 9.95. The molecule has 176 valence electrons. The molecule has 1 fully saturated rings. The van der Waals surface area contributed by atoms with Crippen LogP contribution in [0.4, 0.5) is 5.95 Å². The molecule has 0 aliphatic carbocycles. The number of benzene rings is 2. The van der Waals surface area contributed by atoms with Crippen LogP contribution in [-0.2, 0) is 9.59 Å². The van der Waals surface area contributed by atoms with Crippen LogP contribution in [0.2, 0.25) is 0 Å². The van der Waals surface area contributed by atoms with Crippen molar-refractivity contribution in [3.05, 3.63) is 89.3 Å². The molecule has 1 saturated heterocycles. The highest BCUT2D eigenvalue weighted by molar-refractivity contribution is 6.51. The molecule has 0 spiro atoms. The van der Waals surface area contributed by atoms with E-state index >= 15 is 0 Å². The predicted molar refractivity (Wildman–Crippen MR) is 132 cm³/mol. The number of aliphatic hydroxyl groups excluding tert-OH is 1. The van der Waals surface area contributed by atoms with Crippen molar-refractivity contribution in [2.45, 2.75) is 32.9 Å². The molecule has 2 aromatic heterocycles. The summed E-state index contributed by atoms with van der Waals surface area (Å²) in [7, 11) is 0. The van der Waals surface area contributed by atoms with Gasteiger partial charge in [0.25, 0.3) is 5.78 Å². The number of ketones is 1. The molecule has 8 heteroatoms. The lowest BCUT2D eigenvalue weighted by Crippen LogP contribution is -2.30. The average molecular weight is 469 g/mol. The number of aromatic nitrogens is 3. The Morgan fingerprint density at radius 3 is 2.46 bits per heavy atom. The monoisotopic (exact) mass is 468 g/mol. The van der Waals surface area contributed by atoms with Crippen molar-refractivity contribution in [2.75, 3.05) is 4.90 Å². The lowest BCUT2D eigenvalue weighted by molar-refractivity contribution is -0.132. The predicted octanol–water partition coefficient (Wildman–Crippen LogP) is 4.68. The molecule has 1 aliphatic rings. The number of aryl methyl sites for hydroxylation is 1. The van der Waals surface area contributed by atoms with Gasteiger partial charge in [-0.1, -0.05) is 18.2 Å². The van der Waals surface area contributed by atoms with Crippen LogP contribution in [0, 0.1) is 6.92 Å². The van der Waals surface area contributed by atoms with Gasteiger partial charge in [-0.3, -0.25) is 19.5 Å². The first-order valence-electron chi connectivity index (χ1n) is 11.3. The maximum Gasteiger partial charge on any atom is 0.302 e. The summed E-state index contributed by atoms with van der Waals surface area (Å²) in [6, 6.07) is 15.1. The highest BCUT2D eigenvalue weighted by atomic mass is 16.5. The smallest absolute Gasteiger partial charge is 0.302 e. The Morgan fingerprint density at radius 1 is 1.06 bits per heavy atom. The van der Waals surface area contributed by atoms with Gasteiger partial charge < -0.3 is 14.8 Å². The van der Waals surface area contributed by atoms with Crippen molar-refractivity contribution in [3.63, 3.8) is 0 Å². The van der Waals surface area contributed by atoms with Crippen molar-refractivity contribution < 1.29 is 19.4 Å². The molecular weight excluding hydrogens is 444 g/mol. The molecule has 1 amide bonds. The highest BCUT2D eigenvalue weighted by Gasteiger charge is 2.48. The minimum atomic E-state index is -0.891. The number of amides is 1. The second kappa shape index (κ2) is 8.72.